The van der Waals surface area contributed by atoms with E-state index in [9.17, 15) is 9.59 Å². The molecule has 2 amide bonds. The summed E-state index contributed by atoms with van der Waals surface area (Å²) in [5, 5.41) is 2.91. The fraction of sp³-hybridized carbons (Fsp3) is 0.579. The lowest BCUT2D eigenvalue weighted by atomic mass is 10.1. The van der Waals surface area contributed by atoms with Crippen molar-refractivity contribution in [3.05, 3.63) is 30.3 Å². The first-order chi connectivity index (χ1) is 12.7. The fourth-order valence-corrected chi connectivity index (χ4v) is 3.59. The molecule has 3 rings (SSSR count). The smallest absolute Gasteiger partial charge is 0.241 e. The number of nitrogens with zero attached hydrogens (tertiary/aromatic N) is 2. The van der Waals surface area contributed by atoms with Crippen LogP contribution in [0, 0.1) is 0 Å². The lowest BCUT2D eigenvalue weighted by Crippen LogP contribution is -2.54. The number of hydrogen-bond donors (Lipinski definition) is 3. The maximum Gasteiger partial charge on any atom is 0.241 e. The molecular formula is C19H29N5O2. The Balaban J connectivity index is 1.40. The highest BCUT2D eigenvalue weighted by molar-refractivity contribution is 5.92. The predicted molar refractivity (Wildman–Crippen MR) is 101 cm³/mol. The SMILES string of the molecule is CCCC1CC(C(=O)N2CCN(CC(=O)Nc3ccccc3)CC2)NN1. The molecule has 1 aromatic carbocycles. The van der Waals surface area contributed by atoms with E-state index in [0.29, 0.717) is 25.7 Å². The van der Waals surface area contributed by atoms with E-state index in [0.717, 1.165) is 38.0 Å². The second kappa shape index (κ2) is 9.12. The van der Waals surface area contributed by atoms with Gasteiger partial charge in [-0.1, -0.05) is 31.5 Å². The third kappa shape index (κ3) is 5.03. The van der Waals surface area contributed by atoms with Crippen molar-refractivity contribution in [1.82, 2.24) is 20.7 Å². The van der Waals surface area contributed by atoms with Crippen molar-refractivity contribution in [1.29, 1.82) is 0 Å². The molecule has 2 saturated heterocycles. The molecule has 2 unspecified atom stereocenters. The molecule has 1 aromatic rings. The number of para-hydroxylation sites is 1. The number of piperazine rings is 1. The van der Waals surface area contributed by atoms with Crippen LogP contribution in [0.3, 0.4) is 0 Å². The Labute approximate surface area is 155 Å². The molecule has 0 spiro atoms. The molecule has 2 heterocycles. The van der Waals surface area contributed by atoms with Gasteiger partial charge in [-0.2, -0.15) is 0 Å². The van der Waals surface area contributed by atoms with Gasteiger partial charge in [-0.05, 0) is 25.0 Å². The molecule has 0 saturated carbocycles. The average molecular weight is 359 g/mol. The van der Waals surface area contributed by atoms with Crippen LogP contribution in [0.1, 0.15) is 26.2 Å². The monoisotopic (exact) mass is 359 g/mol. The van der Waals surface area contributed by atoms with Crippen molar-refractivity contribution < 1.29 is 9.59 Å². The van der Waals surface area contributed by atoms with Crippen LogP contribution < -0.4 is 16.2 Å². The highest BCUT2D eigenvalue weighted by Gasteiger charge is 2.33. The van der Waals surface area contributed by atoms with Crippen LogP contribution in [0.2, 0.25) is 0 Å². The molecule has 142 valence electrons. The molecule has 0 bridgehead atoms. The number of nitrogens with one attached hydrogen (secondary N) is 3. The zero-order valence-electron chi connectivity index (χ0n) is 15.4. The second-order valence-corrected chi connectivity index (χ2v) is 7.08. The minimum absolute atomic E-state index is 0.0138. The number of carbonyl (C=O) groups is 2. The number of amides is 2. The van der Waals surface area contributed by atoms with E-state index >= 15 is 0 Å². The maximum atomic E-state index is 12.6. The topological polar surface area (TPSA) is 76.7 Å². The number of rotatable bonds is 6. The molecule has 7 heteroatoms. The van der Waals surface area contributed by atoms with Gasteiger partial charge in [-0.3, -0.25) is 19.9 Å². The standard InChI is InChI=1S/C19H29N5O2/c1-2-6-16-13-17(22-21-16)19(26)24-11-9-23(10-12-24)14-18(25)20-15-7-4-3-5-8-15/h3-5,7-8,16-17,21-22H,2,6,9-14H2,1H3,(H,20,25). The summed E-state index contributed by atoms with van der Waals surface area (Å²) in [6, 6.07) is 9.74. The number of hydrogen-bond acceptors (Lipinski definition) is 5. The Morgan fingerprint density at radius 2 is 1.85 bits per heavy atom. The van der Waals surface area contributed by atoms with Crippen LogP contribution in [0.15, 0.2) is 30.3 Å². The van der Waals surface area contributed by atoms with E-state index in [2.05, 4.69) is 28.0 Å². The fourth-order valence-electron chi connectivity index (χ4n) is 3.59. The number of carbonyl (C=O) groups excluding carboxylic acids is 2. The van der Waals surface area contributed by atoms with Gasteiger partial charge in [0, 0.05) is 37.9 Å². The third-order valence-electron chi connectivity index (χ3n) is 5.03. The van der Waals surface area contributed by atoms with Gasteiger partial charge in [-0.15, -0.1) is 0 Å². The van der Waals surface area contributed by atoms with Crippen LogP contribution in [-0.4, -0.2) is 66.4 Å². The largest absolute Gasteiger partial charge is 0.339 e. The molecule has 2 aliphatic heterocycles. The van der Waals surface area contributed by atoms with Crippen molar-refractivity contribution in [2.24, 2.45) is 0 Å². The molecule has 2 atom stereocenters. The van der Waals surface area contributed by atoms with Gasteiger partial charge in [0.1, 0.15) is 6.04 Å². The van der Waals surface area contributed by atoms with Crippen LogP contribution in [0.25, 0.3) is 0 Å². The molecule has 26 heavy (non-hydrogen) atoms. The Hall–Kier alpha value is -1.96. The molecule has 2 fully saturated rings. The average Bonchev–Trinajstić information content (AvgIpc) is 3.11. The first-order valence-electron chi connectivity index (χ1n) is 9.53. The van der Waals surface area contributed by atoms with Crippen LogP contribution in [0.5, 0.6) is 0 Å². The Morgan fingerprint density at radius 3 is 2.54 bits per heavy atom. The zero-order chi connectivity index (χ0) is 18.4. The molecule has 2 aliphatic rings. The van der Waals surface area contributed by atoms with Gasteiger partial charge in [0.05, 0.1) is 6.54 Å². The van der Waals surface area contributed by atoms with Crippen molar-refractivity contribution >= 4 is 17.5 Å². The summed E-state index contributed by atoms with van der Waals surface area (Å²) in [6.07, 6.45) is 3.05. The lowest BCUT2D eigenvalue weighted by Gasteiger charge is -2.35. The zero-order valence-corrected chi connectivity index (χ0v) is 15.4. The molecule has 0 aliphatic carbocycles. The maximum absolute atomic E-state index is 12.6. The van der Waals surface area contributed by atoms with Crippen LogP contribution in [0.4, 0.5) is 5.69 Å². The summed E-state index contributed by atoms with van der Waals surface area (Å²) in [5.41, 5.74) is 7.18. The minimum atomic E-state index is -0.125. The summed E-state index contributed by atoms with van der Waals surface area (Å²) in [4.78, 5) is 28.8. The lowest BCUT2D eigenvalue weighted by molar-refractivity contribution is -0.135. The Bertz CT molecular complexity index is 601. The normalized spacial score (nSPS) is 23.8. The summed E-state index contributed by atoms with van der Waals surface area (Å²) in [7, 11) is 0. The number of benzene rings is 1. The van der Waals surface area contributed by atoms with Crippen LogP contribution >= 0.6 is 0 Å². The second-order valence-electron chi connectivity index (χ2n) is 7.08. The molecular weight excluding hydrogens is 330 g/mol. The van der Waals surface area contributed by atoms with Gasteiger partial charge in [0.2, 0.25) is 11.8 Å². The molecule has 7 nitrogen and oxygen atoms in total. The minimum Gasteiger partial charge on any atom is -0.339 e. The highest BCUT2D eigenvalue weighted by atomic mass is 16.2. The molecule has 3 N–H and O–H groups in total. The number of hydrazine groups is 1. The third-order valence-corrected chi connectivity index (χ3v) is 5.03. The van der Waals surface area contributed by atoms with E-state index in [1.54, 1.807) is 0 Å². The van der Waals surface area contributed by atoms with Crippen molar-refractivity contribution in [2.45, 2.75) is 38.3 Å². The summed E-state index contributed by atoms with van der Waals surface area (Å²) < 4.78 is 0. The first kappa shape index (κ1) is 18.8. The van der Waals surface area contributed by atoms with Crippen molar-refractivity contribution in [3.63, 3.8) is 0 Å². The van der Waals surface area contributed by atoms with Gasteiger partial charge >= 0.3 is 0 Å². The summed E-state index contributed by atoms with van der Waals surface area (Å²) >= 11 is 0. The van der Waals surface area contributed by atoms with E-state index in [1.165, 1.54) is 0 Å². The summed E-state index contributed by atoms with van der Waals surface area (Å²) in [5.74, 6) is 0.157. The van der Waals surface area contributed by atoms with E-state index in [1.807, 2.05) is 35.2 Å². The Kier molecular flexibility index (Phi) is 6.60. The van der Waals surface area contributed by atoms with Gasteiger partial charge in [0.15, 0.2) is 0 Å². The summed E-state index contributed by atoms with van der Waals surface area (Å²) in [6.45, 7) is 5.32. The predicted octanol–water partition coefficient (Wildman–Crippen LogP) is 0.805. The highest BCUT2D eigenvalue weighted by Crippen LogP contribution is 2.14. The Morgan fingerprint density at radius 1 is 1.12 bits per heavy atom. The quantitative estimate of drug-likeness (QED) is 0.701. The number of anilines is 1. The molecule has 0 radical (unpaired) electrons. The van der Waals surface area contributed by atoms with Gasteiger partial charge in [0.25, 0.3) is 0 Å². The van der Waals surface area contributed by atoms with E-state index in [-0.39, 0.29) is 17.9 Å². The molecule has 0 aromatic heterocycles. The van der Waals surface area contributed by atoms with Crippen LogP contribution in [-0.2, 0) is 9.59 Å². The van der Waals surface area contributed by atoms with Crippen molar-refractivity contribution in [3.8, 4) is 0 Å². The van der Waals surface area contributed by atoms with E-state index in [4.69, 9.17) is 0 Å². The van der Waals surface area contributed by atoms with Gasteiger partial charge < -0.3 is 10.2 Å². The first-order valence-corrected chi connectivity index (χ1v) is 9.53. The van der Waals surface area contributed by atoms with E-state index < -0.39 is 0 Å². The van der Waals surface area contributed by atoms with Gasteiger partial charge in [-0.25, -0.2) is 5.43 Å². The van der Waals surface area contributed by atoms with Crippen molar-refractivity contribution in [2.75, 3.05) is 38.0 Å².